The van der Waals surface area contributed by atoms with Crippen molar-refractivity contribution in [3.8, 4) is 39.1 Å². The second kappa shape index (κ2) is 13.4. The van der Waals surface area contributed by atoms with Gasteiger partial charge < -0.3 is 9.47 Å². The van der Waals surface area contributed by atoms with E-state index in [0.29, 0.717) is 0 Å². The third-order valence-electron chi connectivity index (χ3n) is 10.6. The van der Waals surface area contributed by atoms with Crippen LogP contribution >= 0.6 is 0 Å². The highest BCUT2D eigenvalue weighted by Gasteiger charge is 2.20. The molecule has 0 bridgehead atoms. The van der Waals surface area contributed by atoms with E-state index < -0.39 is 0 Å². The van der Waals surface area contributed by atoms with Crippen LogP contribution < -0.4 is 4.90 Å². The van der Waals surface area contributed by atoms with E-state index in [9.17, 15) is 0 Å². The van der Waals surface area contributed by atoms with Gasteiger partial charge in [0.05, 0.1) is 11.0 Å². The summed E-state index contributed by atoms with van der Waals surface area (Å²) in [4.78, 5) is 2.37. The Morgan fingerprint density at radius 1 is 0.333 bits per heavy atom. The zero-order chi connectivity index (χ0) is 35.8. The van der Waals surface area contributed by atoms with Crippen LogP contribution in [0.5, 0.6) is 0 Å². The highest BCUT2D eigenvalue weighted by atomic mass is 15.1. The molecule has 1 aromatic heterocycles. The van der Waals surface area contributed by atoms with Gasteiger partial charge in [-0.15, -0.1) is 0 Å². The molecule has 254 valence electrons. The smallest absolute Gasteiger partial charge is 0.0625 e. The number of benzene rings is 9. The molecule has 54 heavy (non-hydrogen) atoms. The number of fused-ring (bicyclic) bond motifs is 5. The summed E-state index contributed by atoms with van der Waals surface area (Å²) in [5.74, 6) is 0. The molecule has 0 aliphatic rings. The van der Waals surface area contributed by atoms with Crippen molar-refractivity contribution in [1.82, 2.24) is 4.57 Å². The Morgan fingerprint density at radius 3 is 1.46 bits per heavy atom. The molecule has 9 aromatic carbocycles. The van der Waals surface area contributed by atoms with Crippen LogP contribution in [0.4, 0.5) is 17.1 Å². The number of nitrogens with zero attached hydrogens (tertiary/aromatic N) is 2. The van der Waals surface area contributed by atoms with Crippen molar-refractivity contribution in [3.05, 3.63) is 218 Å². The molecule has 1 heterocycles. The summed E-state index contributed by atoms with van der Waals surface area (Å²) in [7, 11) is 0. The van der Waals surface area contributed by atoms with Crippen LogP contribution in [0.2, 0.25) is 0 Å². The Morgan fingerprint density at radius 2 is 0.833 bits per heavy atom. The highest BCUT2D eigenvalue weighted by Crippen LogP contribution is 2.44. The van der Waals surface area contributed by atoms with Crippen molar-refractivity contribution < 1.29 is 0 Å². The second-order valence-corrected chi connectivity index (χ2v) is 13.8. The lowest BCUT2D eigenvalue weighted by Gasteiger charge is -2.26. The van der Waals surface area contributed by atoms with Crippen LogP contribution in [0.1, 0.15) is 0 Å². The Balaban J connectivity index is 1.17. The third-order valence-corrected chi connectivity index (χ3v) is 10.6. The van der Waals surface area contributed by atoms with Gasteiger partial charge in [-0.3, -0.25) is 0 Å². The standard InChI is InChI=1S/C52H36N2/c1-4-15-37(16-5-1)39-27-31-44(32-28-39)53(45-33-29-40(30-34-45)38-17-6-2-7-18-38)46-23-14-20-41(35-46)49-36-42-19-10-11-24-47(42)52-51(49)48-25-12-13-26-50(48)54(52)43-21-8-3-9-22-43/h1-36H. The number of rotatable bonds is 7. The van der Waals surface area contributed by atoms with E-state index in [1.165, 1.54) is 66.0 Å². The monoisotopic (exact) mass is 688 g/mol. The number of hydrogen-bond donors (Lipinski definition) is 0. The normalized spacial score (nSPS) is 11.3. The fourth-order valence-corrected chi connectivity index (χ4v) is 8.03. The first-order chi connectivity index (χ1) is 26.8. The quantitative estimate of drug-likeness (QED) is 0.162. The van der Waals surface area contributed by atoms with Gasteiger partial charge in [0, 0.05) is 38.9 Å². The molecule has 0 aliphatic carbocycles. The summed E-state index contributed by atoms with van der Waals surface area (Å²) in [6.45, 7) is 0. The molecule has 2 nitrogen and oxygen atoms in total. The Hall–Kier alpha value is -7.16. The summed E-state index contributed by atoms with van der Waals surface area (Å²) < 4.78 is 2.44. The van der Waals surface area contributed by atoms with Crippen LogP contribution in [-0.2, 0) is 0 Å². The van der Waals surface area contributed by atoms with Crippen LogP contribution in [0.15, 0.2) is 218 Å². The first kappa shape index (κ1) is 31.6. The minimum atomic E-state index is 1.10. The molecule has 0 saturated carbocycles. The number of hydrogen-bond acceptors (Lipinski definition) is 1. The lowest BCUT2D eigenvalue weighted by atomic mass is 9.94. The molecule has 0 unspecified atom stereocenters. The molecule has 0 spiro atoms. The van der Waals surface area contributed by atoms with Crippen LogP contribution in [-0.4, -0.2) is 4.57 Å². The minimum absolute atomic E-state index is 1.10. The minimum Gasteiger partial charge on any atom is -0.310 e. The van der Waals surface area contributed by atoms with E-state index in [0.717, 1.165) is 22.7 Å². The molecule has 0 N–H and O–H groups in total. The fraction of sp³-hybridized carbons (Fsp3) is 0. The predicted molar refractivity (Wildman–Crippen MR) is 229 cm³/mol. The average molecular weight is 689 g/mol. The van der Waals surface area contributed by atoms with E-state index in [1.54, 1.807) is 0 Å². The van der Waals surface area contributed by atoms with Gasteiger partial charge in [-0.05, 0) is 99.4 Å². The van der Waals surface area contributed by atoms with Crippen molar-refractivity contribution in [2.45, 2.75) is 0 Å². The molecule has 0 fully saturated rings. The largest absolute Gasteiger partial charge is 0.310 e. The Bertz CT molecular complexity index is 2810. The maximum atomic E-state index is 2.44. The molecule has 0 radical (unpaired) electrons. The topological polar surface area (TPSA) is 8.17 Å². The van der Waals surface area contributed by atoms with E-state index in [2.05, 4.69) is 228 Å². The van der Waals surface area contributed by atoms with E-state index >= 15 is 0 Å². The van der Waals surface area contributed by atoms with Crippen molar-refractivity contribution in [3.63, 3.8) is 0 Å². The first-order valence-corrected chi connectivity index (χ1v) is 18.5. The molecule has 10 aromatic rings. The van der Waals surface area contributed by atoms with Crippen molar-refractivity contribution in [2.24, 2.45) is 0 Å². The van der Waals surface area contributed by atoms with Crippen molar-refractivity contribution in [2.75, 3.05) is 4.90 Å². The molecule has 0 amide bonds. The maximum Gasteiger partial charge on any atom is 0.0625 e. The van der Waals surface area contributed by atoms with Gasteiger partial charge in [0.15, 0.2) is 0 Å². The zero-order valence-corrected chi connectivity index (χ0v) is 29.7. The van der Waals surface area contributed by atoms with Crippen LogP contribution in [0.3, 0.4) is 0 Å². The molecular formula is C52H36N2. The third kappa shape index (κ3) is 5.53. The lowest BCUT2D eigenvalue weighted by molar-refractivity contribution is 1.19. The first-order valence-electron chi connectivity index (χ1n) is 18.5. The molecule has 2 heteroatoms. The van der Waals surface area contributed by atoms with E-state index in [-0.39, 0.29) is 0 Å². The average Bonchev–Trinajstić information content (AvgIpc) is 3.61. The Labute approximate surface area is 315 Å². The summed E-state index contributed by atoms with van der Waals surface area (Å²) in [5, 5.41) is 4.96. The fourth-order valence-electron chi connectivity index (χ4n) is 8.03. The summed E-state index contributed by atoms with van der Waals surface area (Å²) in [6.07, 6.45) is 0. The summed E-state index contributed by atoms with van der Waals surface area (Å²) in [6, 6.07) is 78.8. The Kier molecular flexibility index (Phi) is 7.85. The predicted octanol–water partition coefficient (Wildman–Crippen LogP) is 14.4. The highest BCUT2D eigenvalue weighted by molar-refractivity contribution is 6.24. The SMILES string of the molecule is c1ccc(-c2ccc(N(c3ccc(-c4ccccc4)cc3)c3cccc(-c4cc5ccccc5c5c4c4ccccc4n5-c4ccccc4)c3)cc2)cc1. The van der Waals surface area contributed by atoms with Crippen LogP contribution in [0.25, 0.3) is 71.6 Å². The molecular weight excluding hydrogens is 653 g/mol. The van der Waals surface area contributed by atoms with E-state index in [4.69, 9.17) is 0 Å². The van der Waals surface area contributed by atoms with Crippen LogP contribution in [0, 0.1) is 0 Å². The van der Waals surface area contributed by atoms with Gasteiger partial charge in [0.1, 0.15) is 0 Å². The second-order valence-electron chi connectivity index (χ2n) is 13.8. The summed E-state index contributed by atoms with van der Waals surface area (Å²) >= 11 is 0. The van der Waals surface area contributed by atoms with Gasteiger partial charge in [0.2, 0.25) is 0 Å². The summed E-state index contributed by atoms with van der Waals surface area (Å²) in [5.41, 5.74) is 14.1. The lowest BCUT2D eigenvalue weighted by Crippen LogP contribution is -2.10. The number of para-hydroxylation sites is 2. The van der Waals surface area contributed by atoms with Gasteiger partial charge in [-0.2, -0.15) is 0 Å². The van der Waals surface area contributed by atoms with Gasteiger partial charge in [-0.25, -0.2) is 0 Å². The molecule has 0 saturated heterocycles. The molecule has 10 rings (SSSR count). The number of anilines is 3. The van der Waals surface area contributed by atoms with E-state index in [1.807, 2.05) is 0 Å². The number of aromatic nitrogens is 1. The zero-order valence-electron chi connectivity index (χ0n) is 29.7. The maximum absolute atomic E-state index is 2.44. The van der Waals surface area contributed by atoms with Gasteiger partial charge in [-0.1, -0.05) is 158 Å². The van der Waals surface area contributed by atoms with Gasteiger partial charge >= 0.3 is 0 Å². The molecule has 0 aliphatic heterocycles. The van der Waals surface area contributed by atoms with Crippen molar-refractivity contribution >= 4 is 49.6 Å². The van der Waals surface area contributed by atoms with Crippen molar-refractivity contribution in [1.29, 1.82) is 0 Å². The van der Waals surface area contributed by atoms with Gasteiger partial charge in [0.25, 0.3) is 0 Å². The molecule has 0 atom stereocenters.